The molecule has 0 aliphatic rings. The number of aromatic nitrogens is 3. The number of imidazole rings is 1. The predicted molar refractivity (Wildman–Crippen MR) is 87.1 cm³/mol. The van der Waals surface area contributed by atoms with Crippen molar-refractivity contribution < 1.29 is 0 Å². The number of hydrogen-bond acceptors (Lipinski definition) is 3. The molecule has 0 spiro atoms. The summed E-state index contributed by atoms with van der Waals surface area (Å²) in [6.07, 6.45) is 4.79. The molecule has 0 atom stereocenters. The fraction of sp³-hybridized carbons (Fsp3) is 0.294. The van der Waals surface area contributed by atoms with E-state index in [1.165, 1.54) is 11.1 Å². The second kappa shape index (κ2) is 5.56. The Bertz CT molecular complexity index is 774. The average molecular weight is 280 g/mol. The zero-order valence-electron chi connectivity index (χ0n) is 12.7. The van der Waals surface area contributed by atoms with Crippen molar-refractivity contribution in [1.29, 1.82) is 0 Å². The Morgan fingerprint density at radius 2 is 1.90 bits per heavy atom. The molecule has 0 fully saturated rings. The van der Waals surface area contributed by atoms with Crippen molar-refractivity contribution in [3.05, 3.63) is 47.9 Å². The smallest absolute Gasteiger partial charge is 0.127 e. The number of benzene rings is 1. The van der Waals surface area contributed by atoms with Crippen molar-refractivity contribution in [1.82, 2.24) is 14.5 Å². The zero-order valence-corrected chi connectivity index (χ0v) is 12.7. The number of fused-ring (bicyclic) bond motifs is 1. The quantitative estimate of drug-likeness (QED) is 0.789. The van der Waals surface area contributed by atoms with Gasteiger partial charge in [0.1, 0.15) is 12.1 Å². The Morgan fingerprint density at radius 3 is 2.71 bits per heavy atom. The maximum absolute atomic E-state index is 4.51. The van der Waals surface area contributed by atoms with Gasteiger partial charge < -0.3 is 5.32 Å². The van der Waals surface area contributed by atoms with Gasteiger partial charge in [0.15, 0.2) is 0 Å². The van der Waals surface area contributed by atoms with Crippen molar-refractivity contribution in [2.24, 2.45) is 0 Å². The molecule has 4 nitrogen and oxygen atoms in total. The molecule has 1 N–H and O–H groups in total. The van der Waals surface area contributed by atoms with E-state index in [-0.39, 0.29) is 0 Å². The maximum Gasteiger partial charge on any atom is 0.127 e. The van der Waals surface area contributed by atoms with Crippen LogP contribution in [0.1, 0.15) is 24.5 Å². The van der Waals surface area contributed by atoms with Crippen molar-refractivity contribution in [3.63, 3.8) is 0 Å². The number of hydrogen-bond donors (Lipinski definition) is 1. The highest BCUT2D eigenvalue weighted by atomic mass is 15.1. The van der Waals surface area contributed by atoms with E-state index in [9.17, 15) is 0 Å². The normalized spacial score (nSPS) is 11.0. The lowest BCUT2D eigenvalue weighted by Crippen LogP contribution is -2.03. The van der Waals surface area contributed by atoms with Crippen LogP contribution in [0.25, 0.3) is 16.7 Å². The molecule has 4 heteroatoms. The molecule has 0 amide bonds. The number of anilines is 1. The minimum absolute atomic E-state index is 0.903. The van der Waals surface area contributed by atoms with Crippen molar-refractivity contribution in [2.45, 2.75) is 27.2 Å². The molecule has 0 bridgehead atoms. The molecule has 0 aliphatic heterocycles. The SMILES string of the molecule is CCCNc1cc(-n2cnc3cc(C)c(C)cc32)ccn1. The first kappa shape index (κ1) is 13.6. The summed E-state index contributed by atoms with van der Waals surface area (Å²) in [5.41, 5.74) is 5.79. The third-order valence-electron chi connectivity index (χ3n) is 3.74. The lowest BCUT2D eigenvalue weighted by atomic mass is 10.1. The van der Waals surface area contributed by atoms with Gasteiger partial charge in [0.2, 0.25) is 0 Å². The van der Waals surface area contributed by atoms with E-state index < -0.39 is 0 Å². The van der Waals surface area contributed by atoms with E-state index in [1.54, 1.807) is 0 Å². The van der Waals surface area contributed by atoms with Crippen LogP contribution in [-0.4, -0.2) is 21.1 Å². The molecule has 0 radical (unpaired) electrons. The van der Waals surface area contributed by atoms with E-state index in [0.29, 0.717) is 0 Å². The molecule has 1 aromatic carbocycles. The Hall–Kier alpha value is -2.36. The van der Waals surface area contributed by atoms with Gasteiger partial charge in [0.25, 0.3) is 0 Å². The molecule has 2 aromatic heterocycles. The molecular formula is C17H20N4. The molecule has 3 rings (SSSR count). The van der Waals surface area contributed by atoms with E-state index in [0.717, 1.165) is 35.5 Å². The van der Waals surface area contributed by atoms with Crippen LogP contribution in [0.2, 0.25) is 0 Å². The van der Waals surface area contributed by atoms with E-state index >= 15 is 0 Å². The van der Waals surface area contributed by atoms with Crippen LogP contribution in [0.4, 0.5) is 5.82 Å². The molecule has 0 saturated heterocycles. The molecule has 0 saturated carbocycles. The molecule has 2 heterocycles. The number of nitrogens with zero attached hydrogens (tertiary/aromatic N) is 3. The van der Waals surface area contributed by atoms with Crippen LogP contribution in [-0.2, 0) is 0 Å². The summed E-state index contributed by atoms with van der Waals surface area (Å²) < 4.78 is 2.11. The van der Waals surface area contributed by atoms with Gasteiger partial charge in [-0.15, -0.1) is 0 Å². The van der Waals surface area contributed by atoms with Gasteiger partial charge in [-0.2, -0.15) is 0 Å². The van der Waals surface area contributed by atoms with Crippen LogP contribution in [0, 0.1) is 13.8 Å². The second-order valence-electron chi connectivity index (χ2n) is 5.37. The van der Waals surface area contributed by atoms with Gasteiger partial charge in [-0.25, -0.2) is 9.97 Å². The lowest BCUT2D eigenvalue weighted by Gasteiger charge is -2.09. The molecule has 3 aromatic rings. The molecule has 21 heavy (non-hydrogen) atoms. The van der Waals surface area contributed by atoms with E-state index in [4.69, 9.17) is 0 Å². The predicted octanol–water partition coefficient (Wildman–Crippen LogP) is 3.86. The minimum atomic E-state index is 0.903. The highest BCUT2D eigenvalue weighted by Gasteiger charge is 2.07. The molecule has 0 aliphatic carbocycles. The van der Waals surface area contributed by atoms with Gasteiger partial charge in [-0.05, 0) is 49.6 Å². The van der Waals surface area contributed by atoms with Crippen molar-refractivity contribution >= 4 is 16.9 Å². The summed E-state index contributed by atoms with van der Waals surface area (Å²) in [6, 6.07) is 8.40. The Kier molecular flexibility index (Phi) is 3.60. The molecule has 0 unspecified atom stereocenters. The largest absolute Gasteiger partial charge is 0.370 e. The zero-order chi connectivity index (χ0) is 14.8. The van der Waals surface area contributed by atoms with E-state index in [1.807, 2.05) is 18.6 Å². The summed E-state index contributed by atoms with van der Waals surface area (Å²) in [4.78, 5) is 8.86. The Morgan fingerprint density at radius 1 is 1.10 bits per heavy atom. The Labute approximate surface area is 124 Å². The number of nitrogens with one attached hydrogen (secondary N) is 1. The van der Waals surface area contributed by atoms with Crippen LogP contribution < -0.4 is 5.32 Å². The van der Waals surface area contributed by atoms with Crippen LogP contribution in [0.5, 0.6) is 0 Å². The van der Waals surface area contributed by atoms with Crippen LogP contribution in [0.3, 0.4) is 0 Å². The molecular weight excluding hydrogens is 260 g/mol. The first-order chi connectivity index (χ1) is 10.2. The fourth-order valence-corrected chi connectivity index (χ4v) is 2.39. The summed E-state index contributed by atoms with van der Waals surface area (Å²) in [5, 5.41) is 3.32. The monoisotopic (exact) mass is 280 g/mol. The van der Waals surface area contributed by atoms with Crippen LogP contribution >= 0.6 is 0 Å². The Balaban J connectivity index is 2.06. The first-order valence-electron chi connectivity index (χ1n) is 7.33. The number of pyridine rings is 1. The summed E-state index contributed by atoms with van der Waals surface area (Å²) in [7, 11) is 0. The summed E-state index contributed by atoms with van der Waals surface area (Å²) in [6.45, 7) is 7.32. The standard InChI is InChI=1S/C17H20N4/c1-4-6-18-17-10-14(5-7-19-17)21-11-20-15-8-12(2)13(3)9-16(15)21/h5,7-11H,4,6H2,1-3H3,(H,18,19). The minimum Gasteiger partial charge on any atom is -0.370 e. The average Bonchev–Trinajstić information content (AvgIpc) is 2.89. The van der Waals surface area contributed by atoms with Crippen LogP contribution in [0.15, 0.2) is 36.8 Å². The highest BCUT2D eigenvalue weighted by molar-refractivity contribution is 5.79. The van der Waals surface area contributed by atoms with E-state index in [2.05, 4.69) is 58.8 Å². The van der Waals surface area contributed by atoms with Crippen molar-refractivity contribution in [2.75, 3.05) is 11.9 Å². The fourth-order valence-electron chi connectivity index (χ4n) is 2.39. The second-order valence-corrected chi connectivity index (χ2v) is 5.37. The van der Waals surface area contributed by atoms with Crippen molar-refractivity contribution in [3.8, 4) is 5.69 Å². The highest BCUT2D eigenvalue weighted by Crippen LogP contribution is 2.22. The van der Waals surface area contributed by atoms with Gasteiger partial charge in [0.05, 0.1) is 16.7 Å². The third-order valence-corrected chi connectivity index (χ3v) is 3.74. The van der Waals surface area contributed by atoms with Gasteiger partial charge in [-0.1, -0.05) is 6.92 Å². The molecule has 108 valence electrons. The lowest BCUT2D eigenvalue weighted by molar-refractivity contribution is 0.966. The van der Waals surface area contributed by atoms with Gasteiger partial charge in [0, 0.05) is 18.8 Å². The maximum atomic E-state index is 4.51. The van der Waals surface area contributed by atoms with Gasteiger partial charge >= 0.3 is 0 Å². The topological polar surface area (TPSA) is 42.7 Å². The third kappa shape index (κ3) is 2.61. The number of aryl methyl sites for hydroxylation is 2. The summed E-state index contributed by atoms with van der Waals surface area (Å²) in [5.74, 6) is 0.903. The summed E-state index contributed by atoms with van der Waals surface area (Å²) >= 11 is 0. The van der Waals surface area contributed by atoms with Gasteiger partial charge in [-0.3, -0.25) is 4.57 Å². The first-order valence-corrected chi connectivity index (χ1v) is 7.33. The number of rotatable bonds is 4.